The average molecular weight is 438 g/mol. The van der Waals surface area contributed by atoms with Gasteiger partial charge in [0.25, 0.3) is 5.91 Å². The zero-order chi connectivity index (χ0) is 20.8. The van der Waals surface area contributed by atoms with Gasteiger partial charge < -0.3 is 19.5 Å². The largest absolute Gasteiger partial charge is 0.490 e. The van der Waals surface area contributed by atoms with E-state index >= 15 is 0 Å². The van der Waals surface area contributed by atoms with Crippen LogP contribution in [0.1, 0.15) is 27.1 Å². The second-order valence-corrected chi connectivity index (χ2v) is 6.95. The number of benzene rings is 2. The van der Waals surface area contributed by atoms with Crippen molar-refractivity contribution in [1.82, 2.24) is 5.32 Å². The minimum absolute atomic E-state index is 0.160. The molecule has 1 amide bonds. The fourth-order valence-electron chi connectivity index (χ4n) is 2.54. The topological polar surface area (TPSA) is 90.9 Å². The summed E-state index contributed by atoms with van der Waals surface area (Å²) in [7, 11) is 0. The Morgan fingerprint density at radius 2 is 1.76 bits per heavy atom. The molecule has 1 aliphatic rings. The van der Waals surface area contributed by atoms with Gasteiger partial charge in [0, 0.05) is 17.0 Å². The van der Waals surface area contributed by atoms with Crippen LogP contribution in [0.25, 0.3) is 0 Å². The van der Waals surface area contributed by atoms with Crippen LogP contribution >= 0.6 is 23.2 Å². The van der Waals surface area contributed by atoms with Crippen molar-refractivity contribution in [3.63, 3.8) is 0 Å². The smallest absolute Gasteiger partial charge is 0.325 e. The van der Waals surface area contributed by atoms with Gasteiger partial charge in [0.15, 0.2) is 23.9 Å². The molecule has 0 radical (unpaired) electrons. The zero-order valence-electron chi connectivity index (χ0n) is 15.2. The molecule has 3 rings (SSSR count). The summed E-state index contributed by atoms with van der Waals surface area (Å²) in [5.41, 5.74) is 0.506. The van der Waals surface area contributed by atoms with Crippen molar-refractivity contribution in [1.29, 1.82) is 0 Å². The summed E-state index contributed by atoms with van der Waals surface area (Å²) < 4.78 is 16.0. The molecule has 9 heteroatoms. The molecule has 0 atom stereocenters. The number of fused-ring (bicyclic) bond motifs is 1. The van der Waals surface area contributed by atoms with E-state index in [0.29, 0.717) is 35.3 Å². The first-order valence-corrected chi connectivity index (χ1v) is 9.51. The minimum atomic E-state index is -0.758. The number of carbonyl (C=O) groups is 3. The Kier molecular flexibility index (Phi) is 6.95. The van der Waals surface area contributed by atoms with Crippen molar-refractivity contribution in [2.24, 2.45) is 0 Å². The van der Waals surface area contributed by atoms with E-state index in [1.165, 1.54) is 18.2 Å². The molecule has 2 aromatic carbocycles. The Hall–Kier alpha value is -2.77. The molecule has 152 valence electrons. The van der Waals surface area contributed by atoms with E-state index in [2.05, 4.69) is 5.32 Å². The van der Waals surface area contributed by atoms with Gasteiger partial charge in [0.05, 0.1) is 23.8 Å². The van der Waals surface area contributed by atoms with Crippen LogP contribution in [0.4, 0.5) is 0 Å². The molecule has 0 bridgehead atoms. The van der Waals surface area contributed by atoms with Gasteiger partial charge in [-0.25, -0.2) is 0 Å². The third-order valence-corrected chi connectivity index (χ3v) is 4.55. The summed E-state index contributed by atoms with van der Waals surface area (Å²) >= 11 is 11.7. The van der Waals surface area contributed by atoms with Crippen LogP contribution in [-0.2, 0) is 9.53 Å². The van der Waals surface area contributed by atoms with Crippen LogP contribution in [0.3, 0.4) is 0 Å². The molecule has 0 saturated carbocycles. The molecule has 0 fully saturated rings. The number of carbonyl (C=O) groups excluding carboxylic acids is 3. The van der Waals surface area contributed by atoms with Gasteiger partial charge in [-0.2, -0.15) is 0 Å². The van der Waals surface area contributed by atoms with Gasteiger partial charge in [0.2, 0.25) is 0 Å². The Bertz CT molecular complexity index is 947. The van der Waals surface area contributed by atoms with E-state index in [4.69, 9.17) is 37.4 Å². The standard InChI is InChI=1S/C20H17Cl2NO6/c21-13-3-4-14(15(22)9-13)20(26)23-10-19(25)29-11-16(24)12-2-5-17-18(8-12)28-7-1-6-27-17/h2-5,8-9H,1,6-7,10-11H2,(H,23,26). The van der Waals surface area contributed by atoms with E-state index in [9.17, 15) is 14.4 Å². The van der Waals surface area contributed by atoms with Crippen molar-refractivity contribution < 1.29 is 28.6 Å². The summed E-state index contributed by atoms with van der Waals surface area (Å²) in [6, 6.07) is 9.15. The molecule has 0 spiro atoms. The van der Waals surface area contributed by atoms with Gasteiger partial charge in [-0.05, 0) is 36.4 Å². The molecule has 0 aromatic heterocycles. The maximum atomic E-state index is 12.3. The summed E-state index contributed by atoms with van der Waals surface area (Å²) in [5, 5.41) is 2.93. The van der Waals surface area contributed by atoms with E-state index in [1.54, 1.807) is 18.2 Å². The molecule has 1 heterocycles. The number of rotatable bonds is 6. The number of esters is 1. The fraction of sp³-hybridized carbons (Fsp3) is 0.250. The van der Waals surface area contributed by atoms with Gasteiger partial charge in [-0.15, -0.1) is 0 Å². The van der Waals surface area contributed by atoms with Crippen molar-refractivity contribution in [2.45, 2.75) is 6.42 Å². The van der Waals surface area contributed by atoms with E-state index in [-0.39, 0.29) is 10.6 Å². The molecule has 0 aliphatic carbocycles. The lowest BCUT2D eigenvalue weighted by atomic mass is 10.1. The van der Waals surface area contributed by atoms with Crippen molar-refractivity contribution >= 4 is 40.9 Å². The fourth-order valence-corrected chi connectivity index (χ4v) is 3.03. The Morgan fingerprint density at radius 3 is 2.52 bits per heavy atom. The van der Waals surface area contributed by atoms with E-state index in [0.717, 1.165) is 6.42 Å². The quantitative estimate of drug-likeness (QED) is 0.550. The van der Waals surface area contributed by atoms with E-state index in [1.807, 2.05) is 0 Å². The number of amides is 1. The van der Waals surface area contributed by atoms with Crippen LogP contribution in [0, 0.1) is 0 Å². The van der Waals surface area contributed by atoms with Crippen LogP contribution in [0.15, 0.2) is 36.4 Å². The highest BCUT2D eigenvalue weighted by molar-refractivity contribution is 6.36. The first-order valence-electron chi connectivity index (χ1n) is 8.76. The molecule has 0 unspecified atom stereocenters. The normalized spacial score (nSPS) is 12.6. The molecular weight excluding hydrogens is 421 g/mol. The lowest BCUT2D eigenvalue weighted by molar-refractivity contribution is -0.141. The number of Topliss-reactive ketones (excluding diaryl/α,β-unsaturated/α-hetero) is 1. The number of hydrogen-bond acceptors (Lipinski definition) is 6. The SMILES string of the molecule is O=C(CNC(=O)c1ccc(Cl)cc1Cl)OCC(=O)c1ccc2c(c1)OCCCO2. The predicted molar refractivity (Wildman–Crippen MR) is 106 cm³/mol. The summed E-state index contributed by atoms with van der Waals surface area (Å²) in [4.78, 5) is 36.2. The number of ketones is 1. The van der Waals surface area contributed by atoms with Crippen LogP contribution in [-0.4, -0.2) is 44.0 Å². The number of ether oxygens (including phenoxy) is 3. The minimum Gasteiger partial charge on any atom is -0.490 e. The number of nitrogens with one attached hydrogen (secondary N) is 1. The summed E-state index contributed by atoms with van der Waals surface area (Å²) in [6.07, 6.45) is 0.753. The predicted octanol–water partition coefficient (Wildman–Crippen LogP) is 3.31. The van der Waals surface area contributed by atoms with Crippen molar-refractivity contribution in [3.8, 4) is 11.5 Å². The maximum absolute atomic E-state index is 12.3. The Labute approximate surface area is 176 Å². The highest BCUT2D eigenvalue weighted by Crippen LogP contribution is 2.30. The Morgan fingerprint density at radius 1 is 1.00 bits per heavy atom. The number of hydrogen-bond donors (Lipinski definition) is 1. The average Bonchev–Trinajstić information content (AvgIpc) is 2.95. The molecule has 1 N–H and O–H groups in total. The molecule has 7 nitrogen and oxygen atoms in total. The third-order valence-electron chi connectivity index (χ3n) is 4.00. The highest BCUT2D eigenvalue weighted by atomic mass is 35.5. The third kappa shape index (κ3) is 5.62. The van der Waals surface area contributed by atoms with Crippen LogP contribution in [0.5, 0.6) is 11.5 Å². The first kappa shape index (κ1) is 21.0. The molecular formula is C20H17Cl2NO6. The summed E-state index contributed by atoms with van der Waals surface area (Å²) in [6.45, 7) is 0.171. The Balaban J connectivity index is 1.49. The second kappa shape index (κ2) is 9.62. The molecule has 29 heavy (non-hydrogen) atoms. The van der Waals surface area contributed by atoms with Gasteiger partial charge in [-0.1, -0.05) is 23.2 Å². The highest BCUT2D eigenvalue weighted by Gasteiger charge is 2.17. The lowest BCUT2D eigenvalue weighted by Crippen LogP contribution is -2.31. The maximum Gasteiger partial charge on any atom is 0.325 e. The van der Waals surface area contributed by atoms with E-state index < -0.39 is 30.8 Å². The van der Waals surface area contributed by atoms with Crippen LogP contribution < -0.4 is 14.8 Å². The van der Waals surface area contributed by atoms with Crippen molar-refractivity contribution in [2.75, 3.05) is 26.4 Å². The molecule has 1 aliphatic heterocycles. The molecule has 0 saturated heterocycles. The monoisotopic (exact) mass is 437 g/mol. The van der Waals surface area contributed by atoms with Gasteiger partial charge in [0.1, 0.15) is 6.54 Å². The van der Waals surface area contributed by atoms with Gasteiger partial charge in [-0.3, -0.25) is 14.4 Å². The zero-order valence-corrected chi connectivity index (χ0v) is 16.7. The summed E-state index contributed by atoms with van der Waals surface area (Å²) in [5.74, 6) is -0.670. The molecule has 2 aromatic rings. The van der Waals surface area contributed by atoms with Crippen LogP contribution in [0.2, 0.25) is 10.0 Å². The number of halogens is 2. The first-order chi connectivity index (χ1) is 13.9. The van der Waals surface area contributed by atoms with Crippen molar-refractivity contribution in [3.05, 3.63) is 57.6 Å². The van der Waals surface area contributed by atoms with Gasteiger partial charge >= 0.3 is 5.97 Å². The lowest BCUT2D eigenvalue weighted by Gasteiger charge is -2.10. The second-order valence-electron chi connectivity index (χ2n) is 6.10.